The van der Waals surface area contributed by atoms with Crippen molar-refractivity contribution >= 4 is 18.3 Å². The molecule has 2 rings (SSSR count). The smallest absolute Gasteiger partial charge is 0.223 e. The Balaban J connectivity index is 0.00000220. The minimum absolute atomic E-state index is 0. The van der Waals surface area contributed by atoms with Crippen LogP contribution < -0.4 is 11.1 Å². The van der Waals surface area contributed by atoms with E-state index in [2.05, 4.69) is 5.32 Å². The number of carbonyl (C=O) groups is 1. The highest BCUT2D eigenvalue weighted by Crippen LogP contribution is 2.26. The first-order chi connectivity index (χ1) is 9.38. The van der Waals surface area contributed by atoms with E-state index in [1.807, 2.05) is 19.9 Å². The van der Waals surface area contributed by atoms with E-state index in [4.69, 9.17) is 5.73 Å². The fraction of sp³-hybridized carbons (Fsp3) is 0.562. The Bertz CT molecular complexity index is 493. The third-order valence-electron chi connectivity index (χ3n) is 4.15. The van der Waals surface area contributed by atoms with E-state index in [-0.39, 0.29) is 41.5 Å². The highest BCUT2D eigenvalue weighted by Gasteiger charge is 2.29. The molecule has 0 aliphatic heterocycles. The summed E-state index contributed by atoms with van der Waals surface area (Å²) in [4.78, 5) is 12.1. The van der Waals surface area contributed by atoms with Gasteiger partial charge in [-0.3, -0.25) is 4.79 Å². The van der Waals surface area contributed by atoms with Crippen LogP contribution in [0.25, 0.3) is 0 Å². The fourth-order valence-electron chi connectivity index (χ4n) is 2.72. The van der Waals surface area contributed by atoms with Crippen molar-refractivity contribution in [3.63, 3.8) is 0 Å². The largest absolute Gasteiger partial charge is 0.355 e. The lowest BCUT2D eigenvalue weighted by molar-refractivity contribution is -0.125. The Hall–Kier alpha value is -1.13. The highest BCUT2D eigenvalue weighted by molar-refractivity contribution is 5.85. The number of rotatable bonds is 4. The van der Waals surface area contributed by atoms with Crippen molar-refractivity contribution in [2.45, 2.75) is 44.6 Å². The van der Waals surface area contributed by atoms with Gasteiger partial charge >= 0.3 is 0 Å². The molecule has 1 amide bonds. The number of hydrogen-bond acceptors (Lipinski definition) is 2. The second-order valence-corrected chi connectivity index (χ2v) is 6.38. The molecule has 1 saturated carbocycles. The summed E-state index contributed by atoms with van der Waals surface area (Å²) in [5.41, 5.74) is 6.43. The summed E-state index contributed by atoms with van der Waals surface area (Å²) >= 11 is 0. The van der Waals surface area contributed by atoms with Crippen LogP contribution in [-0.4, -0.2) is 18.5 Å². The minimum Gasteiger partial charge on any atom is -0.355 e. The molecular weight excluding hydrogens is 291 g/mol. The summed E-state index contributed by atoms with van der Waals surface area (Å²) in [5, 5.41) is 2.99. The van der Waals surface area contributed by atoms with Gasteiger partial charge in [-0.05, 0) is 37.0 Å². The van der Waals surface area contributed by atoms with Crippen molar-refractivity contribution in [1.29, 1.82) is 0 Å². The zero-order valence-electron chi connectivity index (χ0n) is 12.6. The molecule has 0 heterocycles. The van der Waals surface area contributed by atoms with Crippen LogP contribution in [0.4, 0.5) is 4.39 Å². The van der Waals surface area contributed by atoms with Crippen molar-refractivity contribution in [3.05, 3.63) is 35.6 Å². The van der Waals surface area contributed by atoms with E-state index in [1.54, 1.807) is 6.07 Å². The van der Waals surface area contributed by atoms with Crippen LogP contribution in [0, 0.1) is 11.7 Å². The molecule has 0 saturated heterocycles. The van der Waals surface area contributed by atoms with Gasteiger partial charge in [-0.2, -0.15) is 0 Å². The SMILES string of the molecule is CC(C)(CNC(=O)C1CCC(N)C1)c1cccc(F)c1.Cl. The van der Waals surface area contributed by atoms with Crippen LogP contribution in [-0.2, 0) is 10.2 Å². The molecule has 1 aliphatic rings. The molecule has 1 aliphatic carbocycles. The van der Waals surface area contributed by atoms with Crippen molar-refractivity contribution in [2.75, 3.05) is 6.54 Å². The first-order valence-electron chi connectivity index (χ1n) is 7.18. The molecule has 5 heteroatoms. The number of benzene rings is 1. The second kappa shape index (κ2) is 7.23. The molecule has 21 heavy (non-hydrogen) atoms. The fourth-order valence-corrected chi connectivity index (χ4v) is 2.72. The molecule has 118 valence electrons. The van der Waals surface area contributed by atoms with Gasteiger partial charge in [0.1, 0.15) is 5.82 Å². The normalized spacial score (nSPS) is 21.7. The first kappa shape index (κ1) is 17.9. The molecule has 1 aromatic carbocycles. The summed E-state index contributed by atoms with van der Waals surface area (Å²) in [6.07, 6.45) is 2.56. The van der Waals surface area contributed by atoms with Gasteiger partial charge in [0.2, 0.25) is 5.91 Å². The number of halogens is 2. The second-order valence-electron chi connectivity index (χ2n) is 6.38. The van der Waals surface area contributed by atoms with Gasteiger partial charge in [-0.15, -0.1) is 12.4 Å². The standard InChI is InChI=1S/C16H23FN2O.ClH/c1-16(2,12-4-3-5-13(17)9-12)10-19-15(20)11-6-7-14(18)8-11;/h3-5,9,11,14H,6-8,10,18H2,1-2H3,(H,19,20);1H. The molecule has 0 spiro atoms. The summed E-state index contributed by atoms with van der Waals surface area (Å²) in [5.74, 6) is -0.139. The van der Waals surface area contributed by atoms with Crippen molar-refractivity contribution in [1.82, 2.24) is 5.32 Å². The lowest BCUT2D eigenvalue weighted by atomic mass is 9.84. The third kappa shape index (κ3) is 4.68. The van der Waals surface area contributed by atoms with Gasteiger partial charge in [0, 0.05) is 23.9 Å². The monoisotopic (exact) mass is 314 g/mol. The molecule has 1 aromatic rings. The Morgan fingerprint density at radius 2 is 2.14 bits per heavy atom. The molecule has 3 N–H and O–H groups in total. The molecule has 0 radical (unpaired) electrons. The summed E-state index contributed by atoms with van der Waals surface area (Å²) in [6, 6.07) is 6.70. The van der Waals surface area contributed by atoms with Crippen LogP contribution in [0.15, 0.2) is 24.3 Å². The summed E-state index contributed by atoms with van der Waals surface area (Å²) in [6.45, 7) is 4.51. The maximum atomic E-state index is 13.3. The van der Waals surface area contributed by atoms with Crippen LogP contribution in [0.1, 0.15) is 38.7 Å². The number of nitrogens with one attached hydrogen (secondary N) is 1. The summed E-state index contributed by atoms with van der Waals surface area (Å²) < 4.78 is 13.3. The van der Waals surface area contributed by atoms with Crippen molar-refractivity contribution in [2.24, 2.45) is 11.7 Å². The number of carbonyl (C=O) groups excluding carboxylic acids is 1. The van der Waals surface area contributed by atoms with E-state index in [0.29, 0.717) is 6.54 Å². The van der Waals surface area contributed by atoms with Crippen LogP contribution >= 0.6 is 12.4 Å². The predicted molar refractivity (Wildman–Crippen MR) is 85.0 cm³/mol. The van der Waals surface area contributed by atoms with Gasteiger partial charge in [0.05, 0.1) is 0 Å². The highest BCUT2D eigenvalue weighted by atomic mass is 35.5. The molecule has 1 fully saturated rings. The van der Waals surface area contributed by atoms with E-state index in [0.717, 1.165) is 24.8 Å². The average Bonchev–Trinajstić information content (AvgIpc) is 2.83. The molecule has 2 unspecified atom stereocenters. The molecule has 3 nitrogen and oxygen atoms in total. The molecule has 0 bridgehead atoms. The number of amides is 1. The van der Waals surface area contributed by atoms with Crippen LogP contribution in [0.5, 0.6) is 0 Å². The maximum absolute atomic E-state index is 13.3. The summed E-state index contributed by atoms with van der Waals surface area (Å²) in [7, 11) is 0. The minimum atomic E-state index is -0.293. The third-order valence-corrected chi connectivity index (χ3v) is 4.15. The lowest BCUT2D eigenvalue weighted by Crippen LogP contribution is -2.39. The van der Waals surface area contributed by atoms with Crippen molar-refractivity contribution in [3.8, 4) is 0 Å². The predicted octanol–water partition coefficient (Wildman–Crippen LogP) is 2.77. The molecular formula is C16H24ClFN2O. The van der Waals surface area contributed by atoms with Crippen LogP contribution in [0.2, 0.25) is 0 Å². The first-order valence-corrected chi connectivity index (χ1v) is 7.18. The number of nitrogens with two attached hydrogens (primary N) is 1. The zero-order valence-corrected chi connectivity index (χ0v) is 13.4. The Morgan fingerprint density at radius 1 is 1.43 bits per heavy atom. The Labute approximate surface area is 131 Å². The van der Waals surface area contributed by atoms with Gasteiger partial charge in [0.15, 0.2) is 0 Å². The van der Waals surface area contributed by atoms with Crippen molar-refractivity contribution < 1.29 is 9.18 Å². The van der Waals surface area contributed by atoms with E-state index in [1.165, 1.54) is 12.1 Å². The molecule has 2 atom stereocenters. The van der Waals surface area contributed by atoms with Gasteiger partial charge in [-0.25, -0.2) is 4.39 Å². The molecule has 0 aromatic heterocycles. The lowest BCUT2D eigenvalue weighted by Gasteiger charge is -2.26. The van der Waals surface area contributed by atoms with E-state index >= 15 is 0 Å². The van der Waals surface area contributed by atoms with E-state index < -0.39 is 0 Å². The Morgan fingerprint density at radius 3 is 2.71 bits per heavy atom. The maximum Gasteiger partial charge on any atom is 0.223 e. The van der Waals surface area contributed by atoms with Gasteiger partial charge < -0.3 is 11.1 Å². The Kier molecular flexibility index (Phi) is 6.17. The van der Waals surface area contributed by atoms with Gasteiger partial charge in [-0.1, -0.05) is 26.0 Å². The zero-order chi connectivity index (χ0) is 14.8. The quantitative estimate of drug-likeness (QED) is 0.898. The average molecular weight is 315 g/mol. The van der Waals surface area contributed by atoms with Crippen LogP contribution in [0.3, 0.4) is 0 Å². The van der Waals surface area contributed by atoms with Gasteiger partial charge in [0.25, 0.3) is 0 Å². The number of hydrogen-bond donors (Lipinski definition) is 2. The topological polar surface area (TPSA) is 55.1 Å². The van der Waals surface area contributed by atoms with E-state index in [9.17, 15) is 9.18 Å².